The number of H-pyrrole nitrogens is 1. The zero-order chi connectivity index (χ0) is 18.9. The quantitative estimate of drug-likeness (QED) is 0.612. The van der Waals surface area contributed by atoms with Gasteiger partial charge >= 0.3 is 6.09 Å². The molecule has 3 rings (SSSR count). The summed E-state index contributed by atoms with van der Waals surface area (Å²) in [5.41, 5.74) is 6.30. The molecule has 0 saturated carbocycles. The number of rotatable bonds is 2. The number of benzene rings is 1. The highest BCUT2D eigenvalue weighted by atomic mass is 28.3. The molecule has 1 aliphatic rings. The molecular formula is C20H25N3O2Si. The monoisotopic (exact) mass is 367 g/mol. The fourth-order valence-electron chi connectivity index (χ4n) is 3.16. The summed E-state index contributed by atoms with van der Waals surface area (Å²) in [6, 6.07) is 7.89. The third-order valence-corrected chi connectivity index (χ3v) is 5.32. The predicted molar refractivity (Wildman–Crippen MR) is 106 cm³/mol. The van der Waals surface area contributed by atoms with Gasteiger partial charge in [0.25, 0.3) is 0 Å². The van der Waals surface area contributed by atoms with Crippen LogP contribution in [0.5, 0.6) is 0 Å². The molecule has 1 amide bonds. The lowest BCUT2D eigenvalue weighted by molar-refractivity contribution is 0.138. The lowest BCUT2D eigenvalue weighted by Gasteiger charge is -2.19. The maximum atomic E-state index is 11.5. The van der Waals surface area contributed by atoms with Gasteiger partial charge in [-0.05, 0) is 30.0 Å². The summed E-state index contributed by atoms with van der Waals surface area (Å²) in [5.74, 6) is 4.31. The number of hydrogen-bond donors (Lipinski definition) is 2. The van der Waals surface area contributed by atoms with Crippen molar-refractivity contribution in [3.8, 4) is 22.7 Å². The molecule has 26 heavy (non-hydrogen) atoms. The largest absolute Gasteiger partial charge is 0.465 e. The summed E-state index contributed by atoms with van der Waals surface area (Å²) in [7, 11) is -1.38. The zero-order valence-corrected chi connectivity index (χ0v) is 16.7. The molecular weight excluding hydrogens is 342 g/mol. The van der Waals surface area contributed by atoms with Crippen LogP contribution in [0.25, 0.3) is 11.3 Å². The van der Waals surface area contributed by atoms with Gasteiger partial charge in [0.2, 0.25) is 0 Å². The first-order valence-electron chi connectivity index (χ1n) is 8.91. The van der Waals surface area contributed by atoms with Crippen molar-refractivity contribution in [2.75, 3.05) is 6.54 Å². The molecule has 1 aromatic carbocycles. The number of imidazole rings is 1. The van der Waals surface area contributed by atoms with Crippen molar-refractivity contribution in [1.29, 1.82) is 0 Å². The summed E-state index contributed by atoms with van der Waals surface area (Å²) in [4.78, 5) is 20.7. The van der Waals surface area contributed by atoms with Crippen LogP contribution < -0.4 is 0 Å². The Morgan fingerprint density at radius 1 is 1.31 bits per heavy atom. The highest BCUT2D eigenvalue weighted by Gasteiger charge is 2.35. The maximum Gasteiger partial charge on any atom is 0.407 e. The van der Waals surface area contributed by atoms with E-state index in [1.807, 2.05) is 24.3 Å². The summed E-state index contributed by atoms with van der Waals surface area (Å²) in [5, 5.41) is 9.40. The summed E-state index contributed by atoms with van der Waals surface area (Å²) < 4.78 is 0. The minimum absolute atomic E-state index is 0.196. The molecule has 1 saturated heterocycles. The molecule has 2 heterocycles. The molecule has 1 aliphatic heterocycles. The molecule has 0 radical (unpaired) electrons. The van der Waals surface area contributed by atoms with Crippen LogP contribution in [0, 0.1) is 17.4 Å². The number of carbonyl (C=O) groups is 1. The number of aromatic amines is 1. The smallest absolute Gasteiger partial charge is 0.407 e. The van der Waals surface area contributed by atoms with Gasteiger partial charge in [0, 0.05) is 12.1 Å². The third kappa shape index (κ3) is 4.17. The lowest BCUT2D eigenvalue weighted by atomic mass is 10.1. The van der Waals surface area contributed by atoms with E-state index in [1.54, 1.807) is 6.20 Å². The number of aromatic nitrogens is 2. The Morgan fingerprint density at radius 3 is 2.62 bits per heavy atom. The molecule has 1 fully saturated rings. The van der Waals surface area contributed by atoms with Crippen LogP contribution in [0.1, 0.15) is 30.8 Å². The van der Waals surface area contributed by atoms with Gasteiger partial charge in [-0.15, -0.1) is 5.54 Å². The third-order valence-electron chi connectivity index (χ3n) is 4.44. The van der Waals surface area contributed by atoms with Gasteiger partial charge in [0.05, 0.1) is 17.9 Å². The highest BCUT2D eigenvalue weighted by molar-refractivity contribution is 6.83. The topological polar surface area (TPSA) is 69.2 Å². The van der Waals surface area contributed by atoms with Crippen molar-refractivity contribution in [2.45, 2.75) is 39.0 Å². The normalized spacial score (nSPS) is 19.9. The molecule has 2 atom stereocenters. The number of likely N-dealkylation sites (tertiary alicyclic amines) is 1. The first kappa shape index (κ1) is 18.3. The molecule has 6 heteroatoms. The van der Waals surface area contributed by atoms with E-state index in [9.17, 15) is 9.90 Å². The van der Waals surface area contributed by atoms with Gasteiger partial charge in [-0.2, -0.15) is 0 Å². The van der Waals surface area contributed by atoms with Gasteiger partial charge in [-0.3, -0.25) is 4.90 Å². The van der Waals surface area contributed by atoms with E-state index in [0.717, 1.165) is 23.2 Å². The van der Waals surface area contributed by atoms with Crippen molar-refractivity contribution in [2.24, 2.45) is 5.92 Å². The molecule has 5 nitrogen and oxygen atoms in total. The van der Waals surface area contributed by atoms with Gasteiger partial charge in [0.1, 0.15) is 13.9 Å². The Balaban J connectivity index is 1.79. The number of nitrogens with zero attached hydrogens (tertiary/aromatic N) is 2. The van der Waals surface area contributed by atoms with Crippen LogP contribution >= 0.6 is 0 Å². The fourth-order valence-corrected chi connectivity index (χ4v) is 3.68. The first-order valence-corrected chi connectivity index (χ1v) is 12.4. The van der Waals surface area contributed by atoms with Gasteiger partial charge < -0.3 is 10.1 Å². The Morgan fingerprint density at radius 2 is 2.00 bits per heavy atom. The number of carboxylic acid groups (broad SMARTS) is 1. The van der Waals surface area contributed by atoms with Gasteiger partial charge in [-0.1, -0.05) is 44.6 Å². The van der Waals surface area contributed by atoms with Crippen LogP contribution in [-0.2, 0) is 0 Å². The molecule has 0 spiro atoms. The highest BCUT2D eigenvalue weighted by Crippen LogP contribution is 2.34. The summed E-state index contributed by atoms with van der Waals surface area (Å²) >= 11 is 0. The fraction of sp³-hybridized carbons (Fsp3) is 0.400. The molecule has 1 aromatic heterocycles. The van der Waals surface area contributed by atoms with Crippen molar-refractivity contribution in [1.82, 2.24) is 14.9 Å². The van der Waals surface area contributed by atoms with Crippen LogP contribution in [-0.4, -0.2) is 40.7 Å². The van der Waals surface area contributed by atoms with Crippen LogP contribution in [0.4, 0.5) is 4.79 Å². The number of amides is 1. The van der Waals surface area contributed by atoms with E-state index in [0.29, 0.717) is 18.3 Å². The lowest BCUT2D eigenvalue weighted by Crippen LogP contribution is -2.29. The van der Waals surface area contributed by atoms with Crippen molar-refractivity contribution >= 4 is 14.2 Å². The average molecular weight is 368 g/mol. The Labute approximate surface area is 155 Å². The van der Waals surface area contributed by atoms with E-state index >= 15 is 0 Å². The van der Waals surface area contributed by atoms with E-state index in [4.69, 9.17) is 0 Å². The van der Waals surface area contributed by atoms with E-state index in [-0.39, 0.29) is 6.04 Å². The zero-order valence-electron chi connectivity index (χ0n) is 15.7. The van der Waals surface area contributed by atoms with E-state index in [2.05, 4.69) is 48.0 Å². The maximum absolute atomic E-state index is 11.5. The molecule has 0 unspecified atom stereocenters. The standard InChI is InChI=1S/C20H25N3O2Si/c1-14-11-18(23(13-14)20(24)25)19-21-12-17(22-19)16-7-5-15(6-8-16)9-10-26(2,3)4/h5-8,12,14,18H,11,13H2,1-4H3,(H,21,22)(H,24,25)/t14-,18-/m0/s1. The minimum Gasteiger partial charge on any atom is -0.465 e. The Kier molecular flexibility index (Phi) is 4.92. The second-order valence-corrected chi connectivity index (χ2v) is 12.8. The van der Waals surface area contributed by atoms with Crippen molar-refractivity contribution < 1.29 is 9.90 Å². The van der Waals surface area contributed by atoms with Crippen LogP contribution in [0.15, 0.2) is 30.5 Å². The summed E-state index contributed by atoms with van der Waals surface area (Å²) in [6.07, 6.45) is 1.69. The molecule has 2 N–H and O–H groups in total. The number of nitrogens with one attached hydrogen (secondary N) is 1. The van der Waals surface area contributed by atoms with Crippen molar-refractivity contribution in [3.05, 3.63) is 41.9 Å². The second kappa shape index (κ2) is 7.00. The SMILES string of the molecule is C[C@H]1C[C@@H](c2ncc(-c3ccc(C#C[Si](C)(C)C)cc3)[nH]2)N(C(=O)O)C1. The van der Waals surface area contributed by atoms with E-state index < -0.39 is 14.2 Å². The number of hydrogen-bond acceptors (Lipinski definition) is 2. The second-order valence-electron chi connectivity index (χ2n) is 8.05. The molecule has 2 aromatic rings. The van der Waals surface area contributed by atoms with Crippen LogP contribution in [0.3, 0.4) is 0 Å². The van der Waals surface area contributed by atoms with Crippen LogP contribution in [0.2, 0.25) is 19.6 Å². The minimum atomic E-state index is -1.38. The van der Waals surface area contributed by atoms with Gasteiger partial charge in [-0.25, -0.2) is 9.78 Å². The molecule has 0 bridgehead atoms. The van der Waals surface area contributed by atoms with Crippen molar-refractivity contribution in [3.63, 3.8) is 0 Å². The molecule has 136 valence electrons. The summed E-state index contributed by atoms with van der Waals surface area (Å²) in [6.45, 7) is 9.31. The first-order chi connectivity index (χ1) is 12.2. The average Bonchev–Trinajstić information content (AvgIpc) is 3.19. The molecule has 0 aliphatic carbocycles. The Hall–Kier alpha value is -2.52. The predicted octanol–water partition coefficient (Wildman–Crippen LogP) is 4.37. The Bertz CT molecular complexity index is 856. The van der Waals surface area contributed by atoms with E-state index in [1.165, 1.54) is 4.90 Å². The van der Waals surface area contributed by atoms with Gasteiger partial charge in [0.15, 0.2) is 0 Å².